The van der Waals surface area contributed by atoms with Gasteiger partial charge < -0.3 is 14.5 Å². The molecule has 9 heteroatoms. The van der Waals surface area contributed by atoms with Gasteiger partial charge >= 0.3 is 6.09 Å². The highest BCUT2D eigenvalue weighted by atomic mass is 32.2. The highest BCUT2D eigenvalue weighted by molar-refractivity contribution is 7.89. The van der Waals surface area contributed by atoms with Crippen molar-refractivity contribution in [2.24, 2.45) is 11.1 Å². The van der Waals surface area contributed by atoms with Crippen molar-refractivity contribution in [2.75, 3.05) is 25.4 Å². The van der Waals surface area contributed by atoms with Crippen LogP contribution in [-0.4, -0.2) is 67.2 Å². The number of likely N-dealkylation sites (tertiary alicyclic amines) is 2. The van der Waals surface area contributed by atoms with Gasteiger partial charge in [0.2, 0.25) is 15.9 Å². The van der Waals surface area contributed by atoms with Crippen LogP contribution in [0.15, 0.2) is 0 Å². The fourth-order valence-electron chi connectivity index (χ4n) is 3.50. The first-order valence-electron chi connectivity index (χ1n) is 8.72. The summed E-state index contributed by atoms with van der Waals surface area (Å²) in [6.07, 6.45) is 2.16. The molecule has 2 atom stereocenters. The Labute approximate surface area is 149 Å². The predicted molar refractivity (Wildman–Crippen MR) is 93.2 cm³/mol. The number of carbonyl (C=O) groups is 2. The molecule has 2 N–H and O–H groups in total. The summed E-state index contributed by atoms with van der Waals surface area (Å²) in [5, 5.41) is 5.10. The highest BCUT2D eigenvalue weighted by Crippen LogP contribution is 2.26. The fraction of sp³-hybridized carbons (Fsp3) is 0.875. The lowest BCUT2D eigenvalue weighted by atomic mass is 10.1. The molecule has 0 aliphatic carbocycles. The zero-order valence-corrected chi connectivity index (χ0v) is 16.0. The van der Waals surface area contributed by atoms with Crippen molar-refractivity contribution >= 4 is 22.0 Å². The lowest BCUT2D eigenvalue weighted by Gasteiger charge is -2.28. The molecule has 2 amide bonds. The molecule has 0 saturated carbocycles. The van der Waals surface area contributed by atoms with Gasteiger partial charge in [-0.15, -0.1) is 0 Å². The molecule has 0 spiro atoms. The minimum atomic E-state index is -3.58. The number of sulfonamides is 1. The lowest BCUT2D eigenvalue weighted by molar-refractivity contribution is -0.129. The van der Waals surface area contributed by atoms with Gasteiger partial charge in [0, 0.05) is 38.0 Å². The molecule has 0 aromatic rings. The van der Waals surface area contributed by atoms with Crippen LogP contribution in [0.2, 0.25) is 0 Å². The van der Waals surface area contributed by atoms with Crippen molar-refractivity contribution in [2.45, 2.75) is 58.1 Å². The van der Waals surface area contributed by atoms with Gasteiger partial charge in [-0.05, 0) is 40.0 Å². The van der Waals surface area contributed by atoms with E-state index in [-0.39, 0.29) is 36.1 Å². The average Bonchev–Trinajstić information content (AvgIpc) is 2.65. The van der Waals surface area contributed by atoms with Gasteiger partial charge in [0.25, 0.3) is 0 Å². The third-order valence-corrected chi connectivity index (χ3v) is 5.43. The number of ether oxygens (including phenoxy) is 1. The van der Waals surface area contributed by atoms with E-state index in [1.165, 1.54) is 0 Å². The zero-order chi connectivity index (χ0) is 18.8. The molecule has 25 heavy (non-hydrogen) atoms. The number of primary sulfonamides is 1. The van der Waals surface area contributed by atoms with Crippen molar-refractivity contribution in [3.8, 4) is 0 Å². The molecule has 2 saturated heterocycles. The van der Waals surface area contributed by atoms with E-state index in [4.69, 9.17) is 9.88 Å². The van der Waals surface area contributed by atoms with E-state index in [1.807, 2.05) is 20.8 Å². The summed E-state index contributed by atoms with van der Waals surface area (Å²) in [6, 6.07) is 0.0328. The molecular formula is C16H29N3O5S. The van der Waals surface area contributed by atoms with Crippen molar-refractivity contribution in [1.82, 2.24) is 9.80 Å². The van der Waals surface area contributed by atoms with Gasteiger partial charge in [-0.2, -0.15) is 0 Å². The van der Waals surface area contributed by atoms with Gasteiger partial charge in [0.15, 0.2) is 0 Å². The van der Waals surface area contributed by atoms with Crippen LogP contribution < -0.4 is 5.14 Å². The van der Waals surface area contributed by atoms with Crippen LogP contribution in [0.4, 0.5) is 4.79 Å². The summed E-state index contributed by atoms with van der Waals surface area (Å²) in [6.45, 7) is 7.06. The summed E-state index contributed by atoms with van der Waals surface area (Å²) in [7, 11) is -3.58. The van der Waals surface area contributed by atoms with E-state index in [1.54, 1.807) is 9.80 Å². The molecule has 2 rings (SSSR count). The first-order chi connectivity index (χ1) is 11.4. The Bertz CT molecular complexity index is 614. The van der Waals surface area contributed by atoms with Crippen LogP contribution in [0.3, 0.4) is 0 Å². The SMILES string of the molecule is CC(C)(C)OC(=O)N1CCCC(N2CC(CS(N)(=O)=O)CC2=O)CC1. The molecular weight excluding hydrogens is 346 g/mol. The van der Waals surface area contributed by atoms with E-state index >= 15 is 0 Å². The Kier molecular flexibility index (Phi) is 5.98. The summed E-state index contributed by atoms with van der Waals surface area (Å²) >= 11 is 0. The van der Waals surface area contributed by atoms with Crippen molar-refractivity contribution in [1.29, 1.82) is 0 Å². The molecule has 0 radical (unpaired) electrons. The summed E-state index contributed by atoms with van der Waals surface area (Å²) < 4.78 is 27.9. The molecule has 2 heterocycles. The second-order valence-electron chi connectivity index (χ2n) is 8.00. The van der Waals surface area contributed by atoms with E-state index < -0.39 is 15.6 Å². The zero-order valence-electron chi connectivity index (χ0n) is 15.2. The predicted octanol–water partition coefficient (Wildman–Crippen LogP) is 0.913. The smallest absolute Gasteiger partial charge is 0.410 e. The fourth-order valence-corrected chi connectivity index (χ4v) is 4.38. The molecule has 8 nitrogen and oxygen atoms in total. The standard InChI is InChI=1S/C16H29N3O5S/c1-16(2,3)24-15(21)18-7-4-5-13(6-8-18)19-10-12(9-14(19)20)11-25(17,22)23/h12-13H,4-11H2,1-3H3,(H2,17,22,23). The maximum absolute atomic E-state index is 12.3. The van der Waals surface area contributed by atoms with Gasteiger partial charge in [-0.3, -0.25) is 4.79 Å². The average molecular weight is 375 g/mol. The molecule has 2 aliphatic heterocycles. The number of nitrogens with two attached hydrogens (primary N) is 1. The Morgan fingerprint density at radius 1 is 1.28 bits per heavy atom. The lowest BCUT2D eigenvalue weighted by Crippen LogP contribution is -2.40. The Hall–Kier alpha value is -1.35. The van der Waals surface area contributed by atoms with E-state index in [9.17, 15) is 18.0 Å². The number of amides is 2. The monoisotopic (exact) mass is 375 g/mol. The minimum Gasteiger partial charge on any atom is -0.444 e. The quantitative estimate of drug-likeness (QED) is 0.788. The summed E-state index contributed by atoms with van der Waals surface area (Å²) in [5.41, 5.74) is -0.533. The third kappa shape index (κ3) is 6.14. The second kappa shape index (κ2) is 7.49. The van der Waals surface area contributed by atoms with Crippen LogP contribution in [0.25, 0.3) is 0 Å². The Balaban J connectivity index is 1.92. The van der Waals surface area contributed by atoms with Crippen LogP contribution in [0.1, 0.15) is 46.5 Å². The van der Waals surface area contributed by atoms with Crippen LogP contribution in [0.5, 0.6) is 0 Å². The van der Waals surface area contributed by atoms with E-state index in [0.29, 0.717) is 26.1 Å². The molecule has 144 valence electrons. The molecule has 2 unspecified atom stereocenters. The molecule has 0 aromatic heterocycles. The second-order valence-corrected chi connectivity index (χ2v) is 9.66. The van der Waals surface area contributed by atoms with E-state index in [0.717, 1.165) is 12.8 Å². The van der Waals surface area contributed by atoms with Gasteiger partial charge in [-0.1, -0.05) is 0 Å². The van der Waals surface area contributed by atoms with Crippen LogP contribution in [-0.2, 0) is 19.6 Å². The number of nitrogens with zero attached hydrogens (tertiary/aromatic N) is 2. The van der Waals surface area contributed by atoms with Gasteiger partial charge in [0.1, 0.15) is 5.60 Å². The number of hydrogen-bond acceptors (Lipinski definition) is 5. The van der Waals surface area contributed by atoms with Gasteiger partial charge in [0.05, 0.1) is 5.75 Å². The Morgan fingerprint density at radius 3 is 2.56 bits per heavy atom. The number of rotatable bonds is 3. The van der Waals surface area contributed by atoms with Crippen molar-refractivity contribution in [3.63, 3.8) is 0 Å². The van der Waals surface area contributed by atoms with E-state index in [2.05, 4.69) is 0 Å². The summed E-state index contributed by atoms with van der Waals surface area (Å²) in [5.74, 6) is -0.427. The Morgan fingerprint density at radius 2 is 1.96 bits per heavy atom. The molecule has 2 aliphatic rings. The first kappa shape index (κ1) is 20.0. The molecule has 2 fully saturated rings. The molecule has 0 bridgehead atoms. The van der Waals surface area contributed by atoms with Crippen LogP contribution >= 0.6 is 0 Å². The maximum atomic E-state index is 12.3. The topological polar surface area (TPSA) is 110 Å². The number of carbonyl (C=O) groups excluding carboxylic acids is 2. The summed E-state index contributed by atoms with van der Waals surface area (Å²) in [4.78, 5) is 27.9. The first-order valence-corrected chi connectivity index (χ1v) is 10.4. The van der Waals surface area contributed by atoms with Crippen molar-refractivity contribution in [3.05, 3.63) is 0 Å². The highest BCUT2D eigenvalue weighted by Gasteiger charge is 2.37. The van der Waals surface area contributed by atoms with Gasteiger partial charge in [-0.25, -0.2) is 18.4 Å². The minimum absolute atomic E-state index is 0.0237. The van der Waals surface area contributed by atoms with Crippen LogP contribution in [0, 0.1) is 5.92 Å². The van der Waals surface area contributed by atoms with Crippen molar-refractivity contribution < 1.29 is 22.7 Å². The normalized spacial score (nSPS) is 25.8. The largest absolute Gasteiger partial charge is 0.444 e. The molecule has 0 aromatic carbocycles. The third-order valence-electron chi connectivity index (χ3n) is 4.50. The number of hydrogen-bond donors (Lipinski definition) is 1. The maximum Gasteiger partial charge on any atom is 0.410 e.